The van der Waals surface area contributed by atoms with Crippen LogP contribution in [0, 0.1) is 45.3 Å². The van der Waals surface area contributed by atoms with E-state index in [1.807, 2.05) is 6.92 Å². The second-order valence-electron chi connectivity index (χ2n) is 20.1. The van der Waals surface area contributed by atoms with E-state index in [9.17, 15) is 46.0 Å². The Morgan fingerprint density at radius 2 is 1.33 bits per heavy atom. The van der Waals surface area contributed by atoms with Crippen molar-refractivity contribution in [3.05, 3.63) is 11.6 Å². The maximum Gasteiger partial charge on any atom is 0.187 e. The number of hydrogen-bond donors (Lipinski definition) is 9. The van der Waals surface area contributed by atoms with Gasteiger partial charge in [0.1, 0.15) is 48.8 Å². The summed E-state index contributed by atoms with van der Waals surface area (Å²) < 4.78 is 24.4. The van der Waals surface area contributed by atoms with E-state index in [2.05, 4.69) is 54.5 Å². The Labute approximate surface area is 327 Å². The molecule has 13 nitrogen and oxygen atoms in total. The topological polar surface area (TPSA) is 219 Å². The molecule has 0 aromatic rings. The van der Waals surface area contributed by atoms with E-state index in [1.165, 1.54) is 5.57 Å². The van der Waals surface area contributed by atoms with E-state index in [0.717, 1.165) is 38.5 Å². The minimum absolute atomic E-state index is 0.00798. The number of allylic oxidation sites excluding steroid dienone is 2. The van der Waals surface area contributed by atoms with E-state index in [1.54, 1.807) is 0 Å². The van der Waals surface area contributed by atoms with Crippen LogP contribution >= 0.6 is 0 Å². The fourth-order valence-corrected chi connectivity index (χ4v) is 13.3. The molecule has 20 atom stereocenters. The number of aliphatic hydroxyl groups excluding tert-OH is 8. The minimum atomic E-state index is -1.75. The minimum Gasteiger partial charge on any atom is -0.394 e. The SMILES string of the molecule is CC(C)=CCC[C@](C)(O)[C@H]1CC[C@]2(C)[C@@H]1[C@H](O)C[C@@H]1[C@@]3(C)CC[C@H](O[C@@H]4O[C@H](CO)[C@@H](O)[C@H](O)[C@H]4O[C@@H]4O[C@H](CO)[C@@H](O)[C@H](O)[C@H]4O)C(C)(C)C3CC[C@]12C. The maximum atomic E-state index is 12.2. The summed E-state index contributed by atoms with van der Waals surface area (Å²) in [5.74, 6) is 0.445. The molecule has 6 fully saturated rings. The van der Waals surface area contributed by atoms with Gasteiger partial charge in [-0.3, -0.25) is 0 Å². The molecular formula is C42H72O13. The van der Waals surface area contributed by atoms with Gasteiger partial charge in [-0.05, 0) is 124 Å². The average Bonchev–Trinajstić information content (AvgIpc) is 3.50. The van der Waals surface area contributed by atoms with Crippen LogP contribution in [0.1, 0.15) is 113 Å². The quantitative estimate of drug-likeness (QED) is 0.115. The number of rotatable bonds is 10. The van der Waals surface area contributed by atoms with Gasteiger partial charge >= 0.3 is 0 Å². The fourth-order valence-electron chi connectivity index (χ4n) is 13.3. The third kappa shape index (κ3) is 7.20. The van der Waals surface area contributed by atoms with Crippen molar-refractivity contribution in [2.75, 3.05) is 13.2 Å². The first-order valence-electron chi connectivity index (χ1n) is 20.9. The highest BCUT2D eigenvalue weighted by molar-refractivity contribution is 5.20. The first kappa shape index (κ1) is 43.8. The molecule has 1 unspecified atom stereocenters. The van der Waals surface area contributed by atoms with Crippen molar-refractivity contribution in [3.8, 4) is 0 Å². The zero-order chi connectivity index (χ0) is 40.6. The van der Waals surface area contributed by atoms with Crippen molar-refractivity contribution < 1.29 is 64.9 Å². The molecule has 0 spiro atoms. The Kier molecular flexibility index (Phi) is 12.5. The number of hydrogen-bond acceptors (Lipinski definition) is 13. The molecule has 13 heteroatoms. The molecule has 0 bridgehead atoms. The molecule has 4 aliphatic carbocycles. The monoisotopic (exact) mass is 784 g/mol. The van der Waals surface area contributed by atoms with Gasteiger partial charge < -0.3 is 64.9 Å². The maximum absolute atomic E-state index is 12.2. The normalized spacial score (nSPS) is 52.0. The Hall–Kier alpha value is -0.780. The Balaban J connectivity index is 1.23. The van der Waals surface area contributed by atoms with Gasteiger partial charge in [-0.2, -0.15) is 0 Å². The van der Waals surface area contributed by atoms with Crippen molar-refractivity contribution in [2.45, 2.75) is 192 Å². The predicted octanol–water partition coefficient (Wildman–Crippen LogP) is 2.15. The van der Waals surface area contributed by atoms with Gasteiger partial charge in [0.2, 0.25) is 0 Å². The second kappa shape index (κ2) is 15.7. The lowest BCUT2D eigenvalue weighted by molar-refractivity contribution is -0.378. The summed E-state index contributed by atoms with van der Waals surface area (Å²) in [6, 6.07) is 0. The third-order valence-electron chi connectivity index (χ3n) is 16.6. The summed E-state index contributed by atoms with van der Waals surface area (Å²) in [6.45, 7) is 16.5. The first-order chi connectivity index (χ1) is 25.6. The molecule has 55 heavy (non-hydrogen) atoms. The van der Waals surface area contributed by atoms with Crippen molar-refractivity contribution >= 4 is 0 Å². The number of fused-ring (bicyclic) bond motifs is 5. The summed E-state index contributed by atoms with van der Waals surface area (Å²) in [7, 11) is 0. The summed E-state index contributed by atoms with van der Waals surface area (Å²) in [5, 5.41) is 97.4. The molecule has 0 aromatic carbocycles. The molecule has 2 saturated heterocycles. The van der Waals surface area contributed by atoms with Crippen LogP contribution in [0.3, 0.4) is 0 Å². The van der Waals surface area contributed by atoms with Gasteiger partial charge in [-0.25, -0.2) is 0 Å². The highest BCUT2D eigenvalue weighted by Gasteiger charge is 2.71. The molecule has 6 rings (SSSR count). The largest absolute Gasteiger partial charge is 0.394 e. The van der Waals surface area contributed by atoms with Crippen LogP contribution in [0.4, 0.5) is 0 Å². The Morgan fingerprint density at radius 3 is 1.95 bits per heavy atom. The molecule has 0 radical (unpaired) electrons. The van der Waals surface area contributed by atoms with Gasteiger partial charge in [0, 0.05) is 0 Å². The smallest absolute Gasteiger partial charge is 0.187 e. The number of aliphatic hydroxyl groups is 9. The van der Waals surface area contributed by atoms with Crippen LogP contribution in [0.5, 0.6) is 0 Å². The summed E-state index contributed by atoms with van der Waals surface area (Å²) >= 11 is 0. The zero-order valence-electron chi connectivity index (χ0n) is 34.3. The van der Waals surface area contributed by atoms with Gasteiger partial charge in [0.15, 0.2) is 12.6 Å². The van der Waals surface area contributed by atoms with Crippen molar-refractivity contribution in [2.24, 2.45) is 45.3 Å². The molecule has 4 saturated carbocycles. The second-order valence-corrected chi connectivity index (χ2v) is 20.1. The van der Waals surface area contributed by atoms with Crippen LogP contribution < -0.4 is 0 Å². The van der Waals surface area contributed by atoms with E-state index >= 15 is 0 Å². The molecule has 6 aliphatic rings. The lowest BCUT2D eigenvalue weighted by atomic mass is 9.35. The molecule has 0 amide bonds. The lowest BCUT2D eigenvalue weighted by Gasteiger charge is -2.70. The van der Waals surface area contributed by atoms with E-state index in [-0.39, 0.29) is 39.9 Å². The molecule has 2 heterocycles. The van der Waals surface area contributed by atoms with Gasteiger partial charge in [0.05, 0.1) is 31.0 Å². The molecule has 2 aliphatic heterocycles. The lowest BCUT2D eigenvalue weighted by Crippen LogP contribution is -2.68. The van der Waals surface area contributed by atoms with E-state index in [4.69, 9.17) is 18.9 Å². The summed E-state index contributed by atoms with van der Waals surface area (Å²) in [4.78, 5) is 0. The van der Waals surface area contributed by atoms with E-state index in [0.29, 0.717) is 19.3 Å². The van der Waals surface area contributed by atoms with E-state index < -0.39 is 97.8 Å². The summed E-state index contributed by atoms with van der Waals surface area (Å²) in [6.07, 6.45) is -6.48. The zero-order valence-corrected chi connectivity index (χ0v) is 34.3. The molecule has 318 valence electrons. The van der Waals surface area contributed by atoms with Crippen molar-refractivity contribution in [1.82, 2.24) is 0 Å². The van der Waals surface area contributed by atoms with Crippen LogP contribution in [0.2, 0.25) is 0 Å². The fraction of sp³-hybridized carbons (Fsp3) is 0.952. The van der Waals surface area contributed by atoms with Crippen LogP contribution in [-0.4, -0.2) is 138 Å². The number of ether oxygens (including phenoxy) is 4. The summed E-state index contributed by atoms with van der Waals surface area (Å²) in [5.41, 5.74) is -0.405. The van der Waals surface area contributed by atoms with Crippen LogP contribution in [0.25, 0.3) is 0 Å². The van der Waals surface area contributed by atoms with Gasteiger partial charge in [0.25, 0.3) is 0 Å². The highest BCUT2D eigenvalue weighted by Crippen LogP contribution is 2.76. The van der Waals surface area contributed by atoms with Crippen LogP contribution in [-0.2, 0) is 18.9 Å². The Morgan fingerprint density at radius 1 is 0.727 bits per heavy atom. The molecular weight excluding hydrogens is 712 g/mol. The van der Waals surface area contributed by atoms with Crippen molar-refractivity contribution in [1.29, 1.82) is 0 Å². The third-order valence-corrected chi connectivity index (χ3v) is 16.6. The molecule has 9 N–H and O–H groups in total. The van der Waals surface area contributed by atoms with Crippen molar-refractivity contribution in [3.63, 3.8) is 0 Å². The predicted molar refractivity (Wildman–Crippen MR) is 201 cm³/mol. The molecule has 0 aromatic heterocycles. The Bertz CT molecular complexity index is 1370. The van der Waals surface area contributed by atoms with Crippen LogP contribution in [0.15, 0.2) is 11.6 Å². The van der Waals surface area contributed by atoms with Gasteiger partial charge in [-0.15, -0.1) is 0 Å². The first-order valence-corrected chi connectivity index (χ1v) is 20.9. The average molecular weight is 785 g/mol. The standard InChI is InChI=1S/C42H72O13/c1-21(2)10-9-14-42(8,51)22-11-16-41(7)29(22)23(45)18-27-39(5)15-13-28(38(3,4)26(39)12-17-40(27,41)6)54-37-35(33(49)31(47)25(20-44)53-37)55-36-34(50)32(48)30(46)24(19-43)52-36/h10,22-37,43-51H,9,11-20H2,1-8H3/t22-,23+,24+,25+,26?,27+,28-,29-,30+,31+,32-,33-,34+,35+,36-,37-,39-,40+,41+,42-/m0/s1. The highest BCUT2D eigenvalue weighted by atomic mass is 16.8. The van der Waals surface area contributed by atoms with Gasteiger partial charge in [-0.1, -0.05) is 46.3 Å².